The van der Waals surface area contributed by atoms with E-state index in [-0.39, 0.29) is 23.7 Å². The quantitative estimate of drug-likeness (QED) is 0.675. The summed E-state index contributed by atoms with van der Waals surface area (Å²) in [5.41, 5.74) is 1.51. The maximum Gasteiger partial charge on any atom is 0.273 e. The molecular weight excluding hydrogens is 286 g/mol. The van der Waals surface area contributed by atoms with Crippen LogP contribution in [0.1, 0.15) is 21.5 Å². The highest BCUT2D eigenvalue weighted by Gasteiger charge is 2.14. The molecule has 1 N–H and O–H groups in total. The lowest BCUT2D eigenvalue weighted by Crippen LogP contribution is -2.23. The Balaban J connectivity index is 2.09. The number of benzene rings is 1. The van der Waals surface area contributed by atoms with Crippen molar-refractivity contribution in [3.05, 3.63) is 63.3 Å². The van der Waals surface area contributed by atoms with Crippen molar-refractivity contribution in [2.45, 2.75) is 13.5 Å². The second-order valence-electron chi connectivity index (χ2n) is 4.65. The molecule has 7 heteroatoms. The molecule has 0 saturated heterocycles. The van der Waals surface area contributed by atoms with Crippen molar-refractivity contribution in [1.82, 2.24) is 10.3 Å². The molecule has 0 fully saturated rings. The molecule has 22 heavy (non-hydrogen) atoms. The number of nitro benzene ring substituents is 1. The maximum absolute atomic E-state index is 12.1. The lowest BCUT2D eigenvalue weighted by Gasteiger charge is -2.07. The summed E-state index contributed by atoms with van der Waals surface area (Å²) in [4.78, 5) is 26.5. The van der Waals surface area contributed by atoms with Crippen LogP contribution in [0.2, 0.25) is 0 Å². The van der Waals surface area contributed by atoms with Gasteiger partial charge in [0.15, 0.2) is 0 Å². The van der Waals surface area contributed by atoms with Gasteiger partial charge in [-0.2, -0.15) is 0 Å². The predicted molar refractivity (Wildman–Crippen MR) is 79.8 cm³/mol. The summed E-state index contributed by atoms with van der Waals surface area (Å²) < 4.78 is 5.00. The Morgan fingerprint density at radius 3 is 2.82 bits per heavy atom. The zero-order chi connectivity index (χ0) is 16.1. The fourth-order valence-corrected chi connectivity index (χ4v) is 1.90. The standard InChI is InChI=1S/C15H15N3O4/c1-10-3-4-12(8-13(10)18(20)21)15(19)17-9-11-5-6-16-14(7-11)22-2/h3-8H,9H2,1-2H3,(H,17,19). The molecule has 2 aromatic rings. The molecule has 1 heterocycles. The average molecular weight is 301 g/mol. The first-order valence-corrected chi connectivity index (χ1v) is 6.53. The Hall–Kier alpha value is -2.96. The summed E-state index contributed by atoms with van der Waals surface area (Å²) in [5, 5.41) is 13.6. The minimum absolute atomic E-state index is 0.0711. The largest absolute Gasteiger partial charge is 0.481 e. The maximum atomic E-state index is 12.1. The van der Waals surface area contributed by atoms with Gasteiger partial charge >= 0.3 is 0 Å². The molecule has 1 aromatic carbocycles. The van der Waals surface area contributed by atoms with Gasteiger partial charge in [-0.05, 0) is 24.6 Å². The Morgan fingerprint density at radius 2 is 2.14 bits per heavy atom. The van der Waals surface area contributed by atoms with E-state index in [1.54, 1.807) is 37.4 Å². The number of hydrogen-bond acceptors (Lipinski definition) is 5. The van der Waals surface area contributed by atoms with Gasteiger partial charge in [0.05, 0.1) is 12.0 Å². The first kappa shape index (κ1) is 15.4. The number of aryl methyl sites for hydroxylation is 1. The SMILES string of the molecule is COc1cc(CNC(=O)c2ccc(C)c([N+](=O)[O-])c2)ccn1. The second kappa shape index (κ2) is 6.66. The zero-order valence-electron chi connectivity index (χ0n) is 12.2. The molecule has 0 aliphatic rings. The number of hydrogen-bond donors (Lipinski definition) is 1. The van der Waals surface area contributed by atoms with Gasteiger partial charge in [0.1, 0.15) is 0 Å². The van der Waals surface area contributed by atoms with Crippen molar-refractivity contribution in [3.63, 3.8) is 0 Å². The monoisotopic (exact) mass is 301 g/mol. The highest BCUT2D eigenvalue weighted by atomic mass is 16.6. The van der Waals surface area contributed by atoms with E-state index in [1.165, 1.54) is 13.2 Å². The molecule has 1 amide bonds. The molecule has 7 nitrogen and oxygen atoms in total. The second-order valence-corrected chi connectivity index (χ2v) is 4.65. The molecule has 0 saturated carbocycles. The van der Waals surface area contributed by atoms with Crippen LogP contribution in [0.25, 0.3) is 0 Å². The molecule has 0 unspecified atom stereocenters. The fourth-order valence-electron chi connectivity index (χ4n) is 1.90. The van der Waals surface area contributed by atoms with Crippen molar-refractivity contribution in [1.29, 1.82) is 0 Å². The molecule has 114 valence electrons. The molecular formula is C15H15N3O4. The topological polar surface area (TPSA) is 94.4 Å². The van der Waals surface area contributed by atoms with Gasteiger partial charge in [-0.25, -0.2) is 4.98 Å². The van der Waals surface area contributed by atoms with Gasteiger partial charge in [0.25, 0.3) is 11.6 Å². The van der Waals surface area contributed by atoms with E-state index in [9.17, 15) is 14.9 Å². The third-order valence-electron chi connectivity index (χ3n) is 3.13. The molecule has 2 rings (SSSR count). The predicted octanol–water partition coefficient (Wildman–Crippen LogP) is 2.24. The summed E-state index contributed by atoms with van der Waals surface area (Å²) in [6.45, 7) is 1.91. The lowest BCUT2D eigenvalue weighted by molar-refractivity contribution is -0.385. The minimum Gasteiger partial charge on any atom is -0.481 e. The Bertz CT molecular complexity index is 716. The van der Waals surface area contributed by atoms with Gasteiger partial charge in [-0.1, -0.05) is 6.07 Å². The average Bonchev–Trinajstić information content (AvgIpc) is 2.53. The van der Waals surface area contributed by atoms with Crippen LogP contribution in [0, 0.1) is 17.0 Å². The Morgan fingerprint density at radius 1 is 1.36 bits per heavy atom. The van der Waals surface area contributed by atoms with Crippen molar-refractivity contribution in [2.24, 2.45) is 0 Å². The number of aromatic nitrogens is 1. The molecule has 0 radical (unpaired) electrons. The van der Waals surface area contributed by atoms with Gasteiger partial charge < -0.3 is 10.1 Å². The zero-order valence-corrected chi connectivity index (χ0v) is 12.2. The fraction of sp³-hybridized carbons (Fsp3) is 0.200. The molecule has 0 spiro atoms. The van der Waals surface area contributed by atoms with Crippen LogP contribution >= 0.6 is 0 Å². The van der Waals surface area contributed by atoms with E-state index in [1.807, 2.05) is 0 Å². The van der Waals surface area contributed by atoms with Crippen molar-refractivity contribution < 1.29 is 14.5 Å². The van der Waals surface area contributed by atoms with Gasteiger partial charge in [-0.3, -0.25) is 14.9 Å². The highest BCUT2D eigenvalue weighted by Crippen LogP contribution is 2.19. The summed E-state index contributed by atoms with van der Waals surface area (Å²) in [5.74, 6) is 0.0802. The number of amides is 1. The number of carbonyl (C=O) groups is 1. The van der Waals surface area contributed by atoms with E-state index < -0.39 is 4.92 Å². The molecule has 0 aliphatic carbocycles. The van der Waals surface area contributed by atoms with Crippen LogP contribution in [0.15, 0.2) is 36.5 Å². The van der Waals surface area contributed by atoms with Crippen LogP contribution < -0.4 is 10.1 Å². The number of nitro groups is 1. The number of methoxy groups -OCH3 is 1. The summed E-state index contributed by atoms with van der Waals surface area (Å²) in [6.07, 6.45) is 1.58. The molecule has 0 atom stereocenters. The number of ether oxygens (including phenoxy) is 1. The Kier molecular flexibility index (Phi) is 4.67. The van der Waals surface area contributed by atoms with Crippen LogP contribution in [0.4, 0.5) is 5.69 Å². The summed E-state index contributed by atoms with van der Waals surface area (Å²) in [7, 11) is 1.51. The first-order chi connectivity index (χ1) is 10.5. The highest BCUT2D eigenvalue weighted by molar-refractivity contribution is 5.94. The number of pyridine rings is 1. The van der Waals surface area contributed by atoms with E-state index in [0.717, 1.165) is 5.56 Å². The van der Waals surface area contributed by atoms with E-state index >= 15 is 0 Å². The third-order valence-corrected chi connectivity index (χ3v) is 3.13. The smallest absolute Gasteiger partial charge is 0.273 e. The first-order valence-electron chi connectivity index (χ1n) is 6.53. The van der Waals surface area contributed by atoms with Gasteiger partial charge in [0, 0.05) is 36.0 Å². The number of nitrogens with zero attached hydrogens (tertiary/aromatic N) is 2. The number of carbonyl (C=O) groups excluding carboxylic acids is 1. The summed E-state index contributed by atoms with van der Waals surface area (Å²) in [6, 6.07) is 7.85. The Labute approximate surface area is 127 Å². The van der Waals surface area contributed by atoms with Gasteiger partial charge in [-0.15, -0.1) is 0 Å². The molecule has 0 aliphatic heterocycles. The third kappa shape index (κ3) is 3.57. The number of nitrogens with one attached hydrogen (secondary N) is 1. The van der Waals surface area contributed by atoms with Crippen molar-refractivity contribution >= 4 is 11.6 Å². The van der Waals surface area contributed by atoms with Crippen molar-refractivity contribution in [2.75, 3.05) is 7.11 Å². The van der Waals surface area contributed by atoms with E-state index in [0.29, 0.717) is 11.4 Å². The summed E-state index contributed by atoms with van der Waals surface area (Å²) >= 11 is 0. The van der Waals surface area contributed by atoms with Crippen LogP contribution in [0.5, 0.6) is 5.88 Å². The lowest BCUT2D eigenvalue weighted by atomic mass is 10.1. The van der Waals surface area contributed by atoms with Gasteiger partial charge in [0.2, 0.25) is 5.88 Å². The number of rotatable bonds is 5. The molecule has 0 bridgehead atoms. The molecule has 1 aromatic heterocycles. The van der Waals surface area contributed by atoms with Crippen LogP contribution in [0.3, 0.4) is 0 Å². The van der Waals surface area contributed by atoms with E-state index in [2.05, 4.69) is 10.3 Å². The normalized spacial score (nSPS) is 10.1. The minimum atomic E-state index is -0.500. The van der Waals surface area contributed by atoms with Crippen LogP contribution in [-0.4, -0.2) is 22.9 Å². The van der Waals surface area contributed by atoms with Crippen LogP contribution in [-0.2, 0) is 6.54 Å². The van der Waals surface area contributed by atoms with Crippen molar-refractivity contribution in [3.8, 4) is 5.88 Å². The van der Waals surface area contributed by atoms with E-state index in [4.69, 9.17) is 4.74 Å².